The molecule has 39 heavy (non-hydrogen) atoms. The van der Waals surface area contributed by atoms with E-state index in [1.807, 2.05) is 6.92 Å². The van der Waals surface area contributed by atoms with Crippen molar-refractivity contribution in [3.63, 3.8) is 0 Å². The highest BCUT2D eigenvalue weighted by Crippen LogP contribution is 2.65. The second-order valence-electron chi connectivity index (χ2n) is 13.1. The molecule has 3 fully saturated rings. The Morgan fingerprint density at radius 3 is 2.26 bits per heavy atom. The average molecular weight is 569 g/mol. The van der Waals surface area contributed by atoms with E-state index in [0.29, 0.717) is 5.92 Å². The maximum Gasteiger partial charge on any atom is 0.431 e. The molecular formula is C29H39F7O3. The maximum absolute atomic E-state index is 14.1. The van der Waals surface area contributed by atoms with Crippen LogP contribution in [0.4, 0.5) is 30.7 Å². The van der Waals surface area contributed by atoms with Crippen LogP contribution in [0.5, 0.6) is 0 Å². The lowest BCUT2D eigenvalue weighted by Crippen LogP contribution is -2.53. The Balaban J connectivity index is 1.50. The largest absolute Gasteiger partial charge is 0.463 e. The van der Waals surface area contributed by atoms with Gasteiger partial charge in [0.25, 0.3) is 5.67 Å². The average Bonchev–Trinajstić information content (AvgIpc) is 3.08. The molecule has 0 aromatic rings. The van der Waals surface area contributed by atoms with Crippen LogP contribution in [-0.4, -0.2) is 35.9 Å². The summed E-state index contributed by atoms with van der Waals surface area (Å²) >= 11 is 0. The van der Waals surface area contributed by atoms with Crippen LogP contribution in [0.25, 0.3) is 0 Å². The van der Waals surface area contributed by atoms with Gasteiger partial charge in [0.15, 0.2) is 5.78 Å². The predicted octanol–water partition coefficient (Wildman–Crippen LogP) is 8.46. The molecule has 0 amide bonds. The van der Waals surface area contributed by atoms with E-state index in [1.165, 1.54) is 12.5 Å². The fraction of sp³-hybridized carbons (Fsp3) is 0.862. The predicted molar refractivity (Wildman–Crippen MR) is 130 cm³/mol. The van der Waals surface area contributed by atoms with E-state index in [2.05, 4.69) is 6.92 Å². The van der Waals surface area contributed by atoms with Crippen LogP contribution >= 0.6 is 0 Å². The van der Waals surface area contributed by atoms with Gasteiger partial charge >= 0.3 is 18.3 Å². The van der Waals surface area contributed by atoms with E-state index >= 15 is 0 Å². The van der Waals surface area contributed by atoms with Crippen molar-refractivity contribution in [1.29, 1.82) is 0 Å². The molecule has 10 heteroatoms. The lowest BCUT2D eigenvalue weighted by molar-refractivity contribution is -0.343. The molecule has 4 rings (SSSR count). The van der Waals surface area contributed by atoms with Crippen molar-refractivity contribution in [2.75, 3.05) is 0 Å². The van der Waals surface area contributed by atoms with Gasteiger partial charge in [-0.1, -0.05) is 32.8 Å². The Hall–Kier alpha value is -1.61. The molecule has 3 saturated carbocycles. The third-order valence-corrected chi connectivity index (χ3v) is 10.9. The van der Waals surface area contributed by atoms with Gasteiger partial charge in [0.1, 0.15) is 6.10 Å². The summed E-state index contributed by atoms with van der Waals surface area (Å²) in [5, 5.41) is 0. The van der Waals surface area contributed by atoms with E-state index in [-0.39, 0.29) is 53.9 Å². The van der Waals surface area contributed by atoms with E-state index in [4.69, 9.17) is 4.74 Å². The van der Waals surface area contributed by atoms with Crippen LogP contribution in [0.1, 0.15) is 98.3 Å². The molecule has 0 saturated heterocycles. The Bertz CT molecular complexity index is 1000. The second kappa shape index (κ2) is 10.0. The number of rotatable bonds is 6. The summed E-state index contributed by atoms with van der Waals surface area (Å²) in [7, 11) is 0. The summed E-state index contributed by atoms with van der Waals surface area (Å²) in [5.74, 6) is -0.156. The van der Waals surface area contributed by atoms with Crippen LogP contribution in [0, 0.1) is 34.5 Å². The molecule has 0 aromatic carbocycles. The van der Waals surface area contributed by atoms with Gasteiger partial charge in [0, 0.05) is 18.9 Å². The number of carbonyl (C=O) groups is 2. The van der Waals surface area contributed by atoms with Crippen LogP contribution < -0.4 is 0 Å². The van der Waals surface area contributed by atoms with E-state index in [9.17, 15) is 40.3 Å². The zero-order valence-electron chi connectivity index (χ0n) is 23.0. The molecule has 0 N–H and O–H groups in total. The summed E-state index contributed by atoms with van der Waals surface area (Å²) in [4.78, 5) is 24.9. The van der Waals surface area contributed by atoms with Gasteiger partial charge in [-0.2, -0.15) is 26.3 Å². The van der Waals surface area contributed by atoms with Crippen LogP contribution in [0.3, 0.4) is 0 Å². The number of hydrogen-bond acceptors (Lipinski definition) is 3. The number of allylic oxidation sites excluding steroid dienone is 2. The third kappa shape index (κ3) is 5.04. The Labute approximate surface area is 225 Å². The van der Waals surface area contributed by atoms with Crippen molar-refractivity contribution in [1.82, 2.24) is 0 Å². The number of ether oxygens (including phenoxy) is 1. The van der Waals surface area contributed by atoms with Crippen LogP contribution in [0.15, 0.2) is 11.1 Å². The minimum atomic E-state index is -6.04. The standard InChI is InChI=1S/C29H39F7O3/c1-16(6-5-11-27(30,28(31,32)33)29(34,35)36)22-15-23(38)24-20-8-7-18-14-19(39-17(2)37)9-12-25(18,3)21(20)10-13-26(22,24)4/h16,18-19,21-22H,5-15H2,1-4H3/t16-,18+,19+,21+,22-,25+,26-/m1/s1. The number of carbonyl (C=O) groups excluding carboxylic acids is 2. The quantitative estimate of drug-likeness (QED) is 0.239. The Morgan fingerprint density at radius 1 is 1.03 bits per heavy atom. The number of Topliss-reactive ketones (excluding diaryl/α,β-unsaturated/α-hetero) is 1. The molecule has 0 radical (unpaired) electrons. The van der Waals surface area contributed by atoms with Crippen LogP contribution in [0.2, 0.25) is 0 Å². The third-order valence-electron chi connectivity index (χ3n) is 10.9. The highest BCUT2D eigenvalue weighted by atomic mass is 19.4. The molecule has 4 aliphatic carbocycles. The topological polar surface area (TPSA) is 43.4 Å². The summed E-state index contributed by atoms with van der Waals surface area (Å²) in [5.41, 5.74) is -3.71. The molecule has 222 valence electrons. The monoisotopic (exact) mass is 568 g/mol. The minimum absolute atomic E-state index is 0.0117. The number of fused-ring (bicyclic) bond motifs is 4. The fourth-order valence-corrected chi connectivity index (χ4v) is 8.81. The zero-order chi connectivity index (χ0) is 29.2. The first-order valence-electron chi connectivity index (χ1n) is 14.1. The lowest BCUT2D eigenvalue weighted by Gasteiger charge is -2.56. The van der Waals surface area contributed by atoms with Gasteiger partial charge in [-0.05, 0) is 92.3 Å². The maximum atomic E-state index is 14.1. The van der Waals surface area contributed by atoms with Crippen molar-refractivity contribution < 1.29 is 45.1 Å². The number of hydrogen-bond donors (Lipinski definition) is 0. The molecule has 0 aromatic heterocycles. The van der Waals surface area contributed by atoms with Gasteiger partial charge in [0.2, 0.25) is 0 Å². The summed E-state index contributed by atoms with van der Waals surface area (Å²) in [6, 6.07) is 0. The van der Waals surface area contributed by atoms with Crippen molar-refractivity contribution in [3.8, 4) is 0 Å². The van der Waals surface area contributed by atoms with Crippen molar-refractivity contribution in [2.24, 2.45) is 34.5 Å². The molecule has 7 atom stereocenters. The SMILES string of the molecule is CC(=O)O[C@H]1CC[C@@]2(C)[C@@H](CCC3=C4C(=O)C[C@H]([C@H](C)CCCC(F)(C(F)(F)F)C(F)(F)F)[C@@]4(C)CC[C@@H]32)C1. The first-order valence-corrected chi connectivity index (χ1v) is 14.1. The normalized spacial score (nSPS) is 36.2. The minimum Gasteiger partial charge on any atom is -0.463 e. The summed E-state index contributed by atoms with van der Waals surface area (Å²) < 4.78 is 97.5. The molecule has 0 bridgehead atoms. The van der Waals surface area contributed by atoms with Crippen LogP contribution in [-0.2, 0) is 14.3 Å². The second-order valence-corrected chi connectivity index (χ2v) is 13.1. The first-order chi connectivity index (χ1) is 17.8. The van der Waals surface area contributed by atoms with E-state index in [1.54, 1.807) is 6.92 Å². The number of alkyl halides is 7. The fourth-order valence-electron chi connectivity index (χ4n) is 8.81. The van der Waals surface area contributed by atoms with Gasteiger partial charge in [-0.3, -0.25) is 9.59 Å². The summed E-state index contributed by atoms with van der Waals surface area (Å²) in [6.07, 6.45) is -8.46. The van der Waals surface area contributed by atoms with E-state index < -0.39 is 36.3 Å². The smallest absolute Gasteiger partial charge is 0.431 e. The molecule has 0 unspecified atom stereocenters. The highest BCUT2D eigenvalue weighted by Gasteiger charge is 2.71. The zero-order valence-corrected chi connectivity index (χ0v) is 23.0. The summed E-state index contributed by atoms with van der Waals surface area (Å²) in [6.45, 7) is 7.48. The molecule has 3 nitrogen and oxygen atoms in total. The lowest BCUT2D eigenvalue weighted by atomic mass is 9.48. The molecule has 0 heterocycles. The van der Waals surface area contributed by atoms with Crippen molar-refractivity contribution in [3.05, 3.63) is 11.1 Å². The Kier molecular flexibility index (Phi) is 7.81. The van der Waals surface area contributed by atoms with Crippen molar-refractivity contribution in [2.45, 2.75) is 122 Å². The molecular weight excluding hydrogens is 529 g/mol. The highest BCUT2D eigenvalue weighted by molar-refractivity contribution is 6.00. The number of ketones is 1. The molecule has 0 spiro atoms. The van der Waals surface area contributed by atoms with Crippen molar-refractivity contribution >= 4 is 11.8 Å². The molecule has 0 aliphatic heterocycles. The molecule has 4 aliphatic rings. The Morgan fingerprint density at radius 2 is 1.67 bits per heavy atom. The van der Waals surface area contributed by atoms with Gasteiger partial charge in [-0.25, -0.2) is 4.39 Å². The first kappa shape index (κ1) is 30.4. The number of halogens is 7. The van der Waals surface area contributed by atoms with Gasteiger partial charge in [0.05, 0.1) is 0 Å². The van der Waals surface area contributed by atoms with Gasteiger partial charge in [-0.15, -0.1) is 0 Å². The number of esters is 1. The van der Waals surface area contributed by atoms with Gasteiger partial charge < -0.3 is 4.74 Å². The van der Waals surface area contributed by atoms with E-state index in [0.717, 1.165) is 50.5 Å².